The molecule has 0 heteroatoms. The molecule has 1 aliphatic rings. The third-order valence-corrected chi connectivity index (χ3v) is 4.49. The van der Waals surface area contributed by atoms with Crippen LogP contribution in [0.1, 0.15) is 60.3 Å². The molecule has 0 aromatic rings. The monoisotopic (exact) mass is 168 g/mol. The van der Waals surface area contributed by atoms with Crippen LogP contribution >= 0.6 is 0 Å². The topological polar surface area (TPSA) is 0 Å². The molecule has 0 nitrogen and oxygen atoms in total. The molecule has 2 atom stereocenters. The lowest BCUT2D eigenvalue weighted by Crippen LogP contribution is -2.03. The second-order valence-corrected chi connectivity index (χ2v) is 5.20. The van der Waals surface area contributed by atoms with Gasteiger partial charge in [-0.1, -0.05) is 53.9 Å². The zero-order valence-electron chi connectivity index (χ0n) is 9.41. The van der Waals surface area contributed by atoms with E-state index < -0.39 is 0 Å². The van der Waals surface area contributed by atoms with Crippen LogP contribution in [0.2, 0.25) is 0 Å². The zero-order valence-corrected chi connectivity index (χ0v) is 9.41. The van der Waals surface area contributed by atoms with Gasteiger partial charge in [0.15, 0.2) is 0 Å². The van der Waals surface area contributed by atoms with Crippen LogP contribution in [0.4, 0.5) is 0 Å². The minimum absolute atomic E-state index is 0.622. The van der Waals surface area contributed by atoms with Crippen molar-refractivity contribution in [1.82, 2.24) is 0 Å². The predicted molar refractivity (Wildman–Crippen MR) is 55.2 cm³/mol. The summed E-state index contributed by atoms with van der Waals surface area (Å²) in [5.74, 6) is 0.983. The molecule has 0 bridgehead atoms. The van der Waals surface area contributed by atoms with Gasteiger partial charge in [-0.2, -0.15) is 0 Å². The molecule has 0 amide bonds. The number of unbranched alkanes of at least 4 members (excludes halogenated alkanes) is 1. The molecule has 0 saturated heterocycles. The minimum Gasteiger partial charge on any atom is -0.0654 e. The second-order valence-electron chi connectivity index (χ2n) is 5.20. The average molecular weight is 168 g/mol. The van der Waals surface area contributed by atoms with E-state index in [4.69, 9.17) is 0 Å². The Morgan fingerprint density at radius 3 is 2.00 bits per heavy atom. The first-order chi connectivity index (χ1) is 5.50. The van der Waals surface area contributed by atoms with Crippen molar-refractivity contribution >= 4 is 0 Å². The van der Waals surface area contributed by atoms with E-state index in [1.807, 2.05) is 0 Å². The molecule has 0 spiro atoms. The first-order valence-electron chi connectivity index (χ1n) is 5.50. The molecule has 1 fully saturated rings. The van der Waals surface area contributed by atoms with Gasteiger partial charge in [-0.25, -0.2) is 0 Å². The highest BCUT2D eigenvalue weighted by Crippen LogP contribution is 2.72. The van der Waals surface area contributed by atoms with Crippen LogP contribution in [0.3, 0.4) is 0 Å². The van der Waals surface area contributed by atoms with Crippen LogP contribution in [0.25, 0.3) is 0 Å². The molecule has 0 aromatic heterocycles. The average Bonchev–Trinajstić information content (AvgIpc) is 2.43. The van der Waals surface area contributed by atoms with Crippen LogP contribution in [-0.2, 0) is 0 Å². The fourth-order valence-electron chi connectivity index (χ4n) is 3.20. The molecule has 72 valence electrons. The van der Waals surface area contributed by atoms with E-state index >= 15 is 0 Å². The van der Waals surface area contributed by atoms with Crippen LogP contribution < -0.4 is 0 Å². The normalized spacial score (nSPS) is 38.2. The first kappa shape index (κ1) is 10.1. The standard InChI is InChI=1S/C12H24/c1-6-8-9-12(5)10(7-2)11(12,3)4/h10H,6-9H2,1-5H3. The molecule has 1 saturated carbocycles. The summed E-state index contributed by atoms with van der Waals surface area (Å²) in [6.07, 6.45) is 5.57. The minimum atomic E-state index is 0.622. The lowest BCUT2D eigenvalue weighted by Gasteiger charge is -2.13. The Kier molecular flexibility index (Phi) is 2.56. The van der Waals surface area contributed by atoms with E-state index in [9.17, 15) is 0 Å². The van der Waals surface area contributed by atoms with Crippen molar-refractivity contribution in [2.24, 2.45) is 16.7 Å². The third kappa shape index (κ3) is 1.20. The van der Waals surface area contributed by atoms with Gasteiger partial charge in [0.2, 0.25) is 0 Å². The third-order valence-electron chi connectivity index (χ3n) is 4.49. The molecule has 2 unspecified atom stereocenters. The second kappa shape index (κ2) is 3.05. The highest BCUT2D eigenvalue weighted by Gasteiger charge is 2.65. The summed E-state index contributed by atoms with van der Waals surface area (Å²) in [7, 11) is 0. The van der Waals surface area contributed by atoms with E-state index in [1.54, 1.807) is 0 Å². The maximum atomic E-state index is 2.48. The summed E-state index contributed by atoms with van der Waals surface area (Å²) in [6.45, 7) is 12.0. The predicted octanol–water partition coefficient (Wildman–Crippen LogP) is 4.25. The van der Waals surface area contributed by atoms with Crippen molar-refractivity contribution in [3.05, 3.63) is 0 Å². The summed E-state index contributed by atoms with van der Waals surface area (Å²) < 4.78 is 0. The Hall–Kier alpha value is 0. The highest BCUT2D eigenvalue weighted by atomic mass is 14.7. The molecule has 12 heavy (non-hydrogen) atoms. The quantitative estimate of drug-likeness (QED) is 0.588. The van der Waals surface area contributed by atoms with Gasteiger partial charge in [-0.3, -0.25) is 0 Å². The molecule has 1 rings (SSSR count). The van der Waals surface area contributed by atoms with E-state index in [0.29, 0.717) is 10.8 Å². The van der Waals surface area contributed by atoms with Crippen LogP contribution in [0.15, 0.2) is 0 Å². The van der Waals surface area contributed by atoms with Crippen molar-refractivity contribution in [3.8, 4) is 0 Å². The SMILES string of the molecule is CCCCC1(C)C(CC)C1(C)C. The Morgan fingerprint density at radius 2 is 1.67 bits per heavy atom. The van der Waals surface area contributed by atoms with Crippen LogP contribution in [0.5, 0.6) is 0 Å². The molecular weight excluding hydrogens is 144 g/mol. The molecule has 0 N–H and O–H groups in total. The van der Waals surface area contributed by atoms with E-state index in [0.717, 1.165) is 5.92 Å². The zero-order chi connectivity index (χ0) is 9.41. The summed E-state index contributed by atoms with van der Waals surface area (Å²) in [5.41, 5.74) is 1.29. The van der Waals surface area contributed by atoms with Gasteiger partial charge in [0.1, 0.15) is 0 Å². The van der Waals surface area contributed by atoms with Crippen molar-refractivity contribution in [2.45, 2.75) is 60.3 Å². The first-order valence-corrected chi connectivity index (χ1v) is 5.50. The molecule has 0 aliphatic heterocycles. The van der Waals surface area contributed by atoms with Gasteiger partial charge < -0.3 is 0 Å². The smallest absolute Gasteiger partial charge is 0.0238 e. The Labute approximate surface area is 77.7 Å². The maximum absolute atomic E-state index is 2.48. The lowest BCUT2D eigenvalue weighted by molar-refractivity contribution is 0.374. The summed E-state index contributed by atoms with van der Waals surface area (Å²) in [6, 6.07) is 0. The molecular formula is C12H24. The fourth-order valence-corrected chi connectivity index (χ4v) is 3.20. The van der Waals surface area contributed by atoms with E-state index in [-0.39, 0.29) is 0 Å². The molecule has 0 heterocycles. The Bertz CT molecular complexity index is 157. The highest BCUT2D eigenvalue weighted by molar-refractivity contribution is 5.13. The van der Waals surface area contributed by atoms with Gasteiger partial charge in [0.25, 0.3) is 0 Å². The number of hydrogen-bond acceptors (Lipinski definition) is 0. The molecule has 0 aromatic carbocycles. The Balaban J connectivity index is 2.51. The van der Waals surface area contributed by atoms with E-state index in [1.165, 1.54) is 25.7 Å². The van der Waals surface area contributed by atoms with Crippen molar-refractivity contribution in [3.63, 3.8) is 0 Å². The van der Waals surface area contributed by atoms with Gasteiger partial charge in [0, 0.05) is 0 Å². The van der Waals surface area contributed by atoms with Gasteiger partial charge in [-0.15, -0.1) is 0 Å². The van der Waals surface area contributed by atoms with Crippen molar-refractivity contribution < 1.29 is 0 Å². The maximum Gasteiger partial charge on any atom is -0.0238 e. The molecule has 0 radical (unpaired) electrons. The van der Waals surface area contributed by atoms with E-state index in [2.05, 4.69) is 34.6 Å². The lowest BCUT2D eigenvalue weighted by atomic mass is 9.92. The summed E-state index contributed by atoms with van der Waals surface area (Å²) >= 11 is 0. The van der Waals surface area contributed by atoms with Gasteiger partial charge in [0.05, 0.1) is 0 Å². The number of rotatable bonds is 4. The molecule has 1 aliphatic carbocycles. The largest absolute Gasteiger partial charge is 0.0654 e. The van der Waals surface area contributed by atoms with Crippen molar-refractivity contribution in [2.75, 3.05) is 0 Å². The van der Waals surface area contributed by atoms with Gasteiger partial charge >= 0.3 is 0 Å². The van der Waals surface area contributed by atoms with Gasteiger partial charge in [-0.05, 0) is 23.2 Å². The Morgan fingerprint density at radius 1 is 1.08 bits per heavy atom. The summed E-state index contributed by atoms with van der Waals surface area (Å²) in [5, 5.41) is 0. The number of hydrogen-bond donors (Lipinski definition) is 0. The van der Waals surface area contributed by atoms with Crippen LogP contribution in [0, 0.1) is 16.7 Å². The summed E-state index contributed by atoms with van der Waals surface area (Å²) in [4.78, 5) is 0. The van der Waals surface area contributed by atoms with Crippen LogP contribution in [-0.4, -0.2) is 0 Å². The fraction of sp³-hybridized carbons (Fsp3) is 1.00. The van der Waals surface area contributed by atoms with Crippen molar-refractivity contribution in [1.29, 1.82) is 0 Å².